The molecule has 0 unspecified atom stereocenters. The van der Waals surface area contributed by atoms with E-state index in [4.69, 9.17) is 4.74 Å². The Balaban J connectivity index is -0.000000480. The maximum absolute atomic E-state index is 5.44. The van der Waals surface area contributed by atoms with E-state index >= 15 is 0 Å². The minimum absolute atomic E-state index is 0. The molecule has 0 saturated carbocycles. The van der Waals surface area contributed by atoms with Gasteiger partial charge in [0.1, 0.15) is 0 Å². The van der Waals surface area contributed by atoms with E-state index in [-0.39, 0.29) is 46.5 Å². The van der Waals surface area contributed by atoms with E-state index in [0.717, 1.165) is 25.9 Å². The summed E-state index contributed by atoms with van der Waals surface area (Å²) in [6, 6.07) is 0. The number of hydrogen-bond acceptors (Lipinski definition) is 1. The van der Waals surface area contributed by atoms with E-state index in [2.05, 4.69) is 32.1 Å². The number of halogens is 2. The normalized spacial score (nSPS) is 12.6. The molecule has 1 rings (SSSR count). The van der Waals surface area contributed by atoms with Gasteiger partial charge in [-0.3, -0.25) is 6.08 Å². The van der Waals surface area contributed by atoms with Crippen molar-refractivity contribution in [2.24, 2.45) is 0 Å². The third kappa shape index (κ3) is 11.0. The van der Waals surface area contributed by atoms with Gasteiger partial charge in [0.05, 0.1) is 6.10 Å². The molecule has 0 aromatic heterocycles. The maximum Gasteiger partial charge on any atom is 3.00 e. The van der Waals surface area contributed by atoms with Crippen molar-refractivity contribution in [3.63, 3.8) is 0 Å². The summed E-state index contributed by atoms with van der Waals surface area (Å²) >= 11 is 0. The second-order valence-electron chi connectivity index (χ2n) is 3.33. The van der Waals surface area contributed by atoms with Gasteiger partial charge in [-0.15, -0.1) is 6.42 Å². The van der Waals surface area contributed by atoms with Crippen LogP contribution in [0.4, 0.5) is 0 Å². The molecule has 0 aromatic carbocycles. The first-order valence-electron chi connectivity index (χ1n) is 4.67. The molecule has 0 spiro atoms. The molecule has 1 aliphatic carbocycles. The third-order valence-electron chi connectivity index (χ3n) is 1.81. The number of allylic oxidation sites excluding steroid dienone is 4. The van der Waals surface area contributed by atoms with Crippen LogP contribution < -0.4 is 24.8 Å². The van der Waals surface area contributed by atoms with Crippen molar-refractivity contribution < 1.29 is 51.3 Å². The zero-order chi connectivity index (χ0) is 8.81. The predicted molar refractivity (Wildman–Crippen MR) is 50.8 cm³/mol. The maximum atomic E-state index is 5.44. The topological polar surface area (TPSA) is 9.23 Å². The van der Waals surface area contributed by atoms with Crippen LogP contribution in [0.15, 0.2) is 17.7 Å². The summed E-state index contributed by atoms with van der Waals surface area (Å²) in [6.45, 7) is 5.01. The largest absolute Gasteiger partial charge is 3.00 e. The number of rotatable bonds is 5. The second kappa shape index (κ2) is 12.8. The van der Waals surface area contributed by atoms with E-state index < -0.39 is 0 Å². The van der Waals surface area contributed by atoms with E-state index in [1.54, 1.807) is 0 Å². The molecule has 1 nitrogen and oxygen atoms in total. The van der Waals surface area contributed by atoms with Crippen molar-refractivity contribution in [3.8, 4) is 0 Å². The van der Waals surface area contributed by atoms with Crippen LogP contribution >= 0.6 is 0 Å². The number of hydrogen-bond donors (Lipinski definition) is 0. The fourth-order valence-corrected chi connectivity index (χ4v) is 1.20. The second-order valence-corrected chi connectivity index (χ2v) is 3.33. The first kappa shape index (κ1) is 21.1. The van der Waals surface area contributed by atoms with Crippen LogP contribution in [0.25, 0.3) is 0 Å². The summed E-state index contributed by atoms with van der Waals surface area (Å²) in [4.78, 5) is 0. The van der Waals surface area contributed by atoms with E-state index in [9.17, 15) is 0 Å². The van der Waals surface area contributed by atoms with Gasteiger partial charge in [-0.1, -0.05) is 6.42 Å². The summed E-state index contributed by atoms with van der Waals surface area (Å²) < 4.78 is 5.44. The van der Waals surface area contributed by atoms with Crippen molar-refractivity contribution >= 4 is 0 Å². The smallest absolute Gasteiger partial charge is 1.00 e. The van der Waals surface area contributed by atoms with Gasteiger partial charge in [0.2, 0.25) is 0 Å². The average Bonchev–Trinajstić information content (AvgIpc) is 2.49. The molecule has 1 radical (unpaired) electrons. The first-order chi connectivity index (χ1) is 5.79. The van der Waals surface area contributed by atoms with Crippen LogP contribution in [0.3, 0.4) is 0 Å². The molecule has 15 heavy (non-hydrogen) atoms. The van der Waals surface area contributed by atoms with Crippen molar-refractivity contribution in [3.05, 3.63) is 23.8 Å². The molecule has 0 amide bonds. The molecule has 0 bridgehead atoms. The van der Waals surface area contributed by atoms with E-state index in [1.165, 1.54) is 5.57 Å². The standard InChI is InChI=1S/C11H17O.2ClH.Ti/c1-10(2)12-9-5-8-11-6-3-4-7-11;;;/h3,6,10H,4-5,8-9H2,1-2H3;2*1H;/q-1;;;+3/p-2. The van der Waals surface area contributed by atoms with Crippen LogP contribution in [0, 0.1) is 6.08 Å². The van der Waals surface area contributed by atoms with Gasteiger partial charge in [-0.05, 0) is 20.3 Å². The molecule has 4 heteroatoms. The Bertz CT molecular complexity index is 191. The minimum Gasteiger partial charge on any atom is -1.00 e. The van der Waals surface area contributed by atoms with Gasteiger partial charge >= 0.3 is 21.7 Å². The first-order valence-corrected chi connectivity index (χ1v) is 4.67. The molecule has 0 fully saturated rings. The molecule has 0 aliphatic heterocycles. The Morgan fingerprint density at radius 1 is 1.40 bits per heavy atom. The predicted octanol–water partition coefficient (Wildman–Crippen LogP) is -3.11. The Morgan fingerprint density at radius 2 is 2.07 bits per heavy atom. The summed E-state index contributed by atoms with van der Waals surface area (Å²) in [5, 5.41) is 0. The van der Waals surface area contributed by atoms with Crippen LogP contribution in [-0.2, 0) is 26.5 Å². The van der Waals surface area contributed by atoms with Crippen molar-refractivity contribution in [1.82, 2.24) is 0 Å². The Morgan fingerprint density at radius 3 is 2.53 bits per heavy atom. The Kier molecular flexibility index (Phi) is 18.0. The van der Waals surface area contributed by atoms with Gasteiger partial charge in [0, 0.05) is 6.61 Å². The van der Waals surface area contributed by atoms with E-state index in [0.29, 0.717) is 6.10 Å². The molecule has 0 aromatic rings. The van der Waals surface area contributed by atoms with Gasteiger partial charge in [0.25, 0.3) is 0 Å². The van der Waals surface area contributed by atoms with Gasteiger partial charge < -0.3 is 29.6 Å². The Hall–Kier alpha value is 0.734. The van der Waals surface area contributed by atoms with Crippen LogP contribution in [-0.4, -0.2) is 12.7 Å². The fraction of sp³-hybridized carbons (Fsp3) is 0.636. The summed E-state index contributed by atoms with van der Waals surface area (Å²) in [5.74, 6) is 0. The summed E-state index contributed by atoms with van der Waals surface area (Å²) in [6.07, 6.45) is 11.2. The van der Waals surface area contributed by atoms with Crippen molar-refractivity contribution in [1.29, 1.82) is 0 Å². The van der Waals surface area contributed by atoms with Gasteiger partial charge in [-0.25, -0.2) is 11.6 Å². The average molecular weight is 284 g/mol. The van der Waals surface area contributed by atoms with Gasteiger partial charge in [0.15, 0.2) is 0 Å². The van der Waals surface area contributed by atoms with Crippen molar-refractivity contribution in [2.45, 2.75) is 39.2 Å². The SMILES string of the molecule is CC(C)OCCCC1=[C-]CC=C1.[Cl-].[Cl-].[Ti+3]. The summed E-state index contributed by atoms with van der Waals surface area (Å²) in [5.41, 5.74) is 1.35. The quantitative estimate of drug-likeness (QED) is 0.295. The van der Waals surface area contributed by atoms with Crippen molar-refractivity contribution in [2.75, 3.05) is 6.61 Å². The zero-order valence-corrected chi connectivity index (χ0v) is 12.3. The monoisotopic (exact) mass is 283 g/mol. The third-order valence-corrected chi connectivity index (χ3v) is 1.81. The Labute approximate surface area is 120 Å². The van der Waals surface area contributed by atoms with Crippen LogP contribution in [0.1, 0.15) is 33.1 Å². The zero-order valence-electron chi connectivity index (χ0n) is 9.22. The molecular formula is C11H17Cl2OTi. The molecular weight excluding hydrogens is 267 g/mol. The molecule has 0 heterocycles. The molecule has 0 atom stereocenters. The van der Waals surface area contributed by atoms with Gasteiger partial charge in [-0.2, -0.15) is 6.08 Å². The fourth-order valence-electron chi connectivity index (χ4n) is 1.20. The van der Waals surface area contributed by atoms with Crippen LogP contribution in [0.2, 0.25) is 0 Å². The molecule has 0 saturated heterocycles. The summed E-state index contributed by atoms with van der Waals surface area (Å²) in [7, 11) is 0. The molecule has 1 aliphatic rings. The minimum atomic E-state index is 0. The van der Waals surface area contributed by atoms with E-state index in [1.807, 2.05) is 0 Å². The van der Waals surface area contributed by atoms with Crippen LogP contribution in [0.5, 0.6) is 0 Å². The number of ether oxygens (including phenoxy) is 1. The molecule has 85 valence electrons. The molecule has 0 N–H and O–H groups in total.